The molecular weight excluding hydrogens is 1030 g/mol. The zero-order valence-electron chi connectivity index (χ0n) is 47.1. The molecule has 81 heavy (non-hydrogen) atoms. The zero-order valence-corrected chi connectivity index (χ0v) is 47.1. The Hall–Kier alpha value is -8.67. The molecule has 6 aromatic rings. The van der Waals surface area contributed by atoms with Gasteiger partial charge in [0.1, 0.15) is 29.4 Å². The van der Waals surface area contributed by atoms with E-state index in [0.29, 0.717) is 102 Å². The first-order valence-electron chi connectivity index (χ1n) is 27.9. The Balaban J connectivity index is 0.680. The molecule has 0 bridgehead atoms. The van der Waals surface area contributed by atoms with Crippen molar-refractivity contribution in [2.45, 2.75) is 143 Å². The number of nitrogens with zero attached hydrogens (tertiary/aromatic N) is 12. The van der Waals surface area contributed by atoms with Gasteiger partial charge in [0.15, 0.2) is 5.78 Å². The summed E-state index contributed by atoms with van der Waals surface area (Å²) in [4.78, 5) is 93.0. The molecule has 2 atom stereocenters. The number of aryl methyl sites for hydroxylation is 1. The molecule has 8 rings (SSSR count). The van der Waals surface area contributed by atoms with Crippen molar-refractivity contribution in [3.63, 3.8) is 0 Å². The standard InChI is InChI=1S/C60H72N14O7/c1-40-37-71(58-65-35-44(36-66-58)48-22-21-47-53(76)60(5,6)74(54(47)67-48)38-43-18-16-27-62-50(43)33-61)29-30-73(40)52(75)32-45-39-72(70-69-45)28-14-12-10-8-7-9-11-13-26-63-55(77)41-17-15-19-46(31-41)81-51-23-20-42(34-64-51)56(78)68-49(57(79)80)24-25-59(2,3)4/h15-23,27,31,34-36,39-40,49H,7-14,24-26,28-30,32,37-38H2,1-6H3,(H,63,77)(H,68,78)(H,79,80)/t40-,49+/m1/s1. The second kappa shape index (κ2) is 26.5. The number of carboxylic acids is 1. The van der Waals surface area contributed by atoms with Crippen LogP contribution in [0.5, 0.6) is 11.6 Å². The molecule has 2 aliphatic heterocycles. The van der Waals surface area contributed by atoms with Crippen molar-refractivity contribution in [1.82, 2.24) is 55.4 Å². The van der Waals surface area contributed by atoms with E-state index in [0.717, 1.165) is 57.9 Å². The zero-order chi connectivity index (χ0) is 57.7. The van der Waals surface area contributed by atoms with Crippen molar-refractivity contribution in [3.05, 3.63) is 125 Å². The van der Waals surface area contributed by atoms with Crippen molar-refractivity contribution >= 4 is 41.2 Å². The lowest BCUT2D eigenvalue weighted by molar-refractivity contribution is -0.139. The quantitative estimate of drug-likeness (QED) is 0.0454. The van der Waals surface area contributed by atoms with Crippen molar-refractivity contribution < 1.29 is 33.8 Å². The molecule has 0 spiro atoms. The van der Waals surface area contributed by atoms with Crippen molar-refractivity contribution in [1.29, 1.82) is 5.26 Å². The normalized spacial score (nSPS) is 15.2. The lowest BCUT2D eigenvalue weighted by Gasteiger charge is -2.39. The van der Waals surface area contributed by atoms with Crippen LogP contribution in [0.4, 0.5) is 11.8 Å². The van der Waals surface area contributed by atoms with Gasteiger partial charge in [-0.1, -0.05) is 76.6 Å². The van der Waals surface area contributed by atoms with Crippen LogP contribution in [0.1, 0.15) is 154 Å². The SMILES string of the molecule is C[C@@H]1CN(c2ncc(-c3ccc4c(n3)N(Cc3cccnc3C#N)C(C)(C)C4=O)cn2)CCN1C(=O)Cc1cn(CCCCCCCCCCNC(=O)c2cccc(Oc3ccc(C(=O)N[C@@H](CCC(C)(C)C)C(=O)O)cn3)c2)nn1. The number of aliphatic carboxylic acids is 1. The van der Waals surface area contributed by atoms with Crippen LogP contribution in [0.15, 0.2) is 91.6 Å². The lowest BCUT2D eigenvalue weighted by atomic mass is 9.88. The molecule has 3 amide bonds. The van der Waals surface area contributed by atoms with Crippen molar-refractivity contribution in [2.24, 2.45) is 5.41 Å². The predicted molar refractivity (Wildman–Crippen MR) is 304 cm³/mol. The number of piperazine rings is 1. The fourth-order valence-corrected chi connectivity index (χ4v) is 9.97. The van der Waals surface area contributed by atoms with Gasteiger partial charge in [-0.25, -0.2) is 29.7 Å². The largest absolute Gasteiger partial charge is 0.480 e. The molecule has 1 aromatic carbocycles. The predicted octanol–water partition coefficient (Wildman–Crippen LogP) is 8.41. The number of hydrogen-bond acceptors (Lipinski definition) is 16. The minimum atomic E-state index is -1.09. The first-order valence-corrected chi connectivity index (χ1v) is 27.9. The highest BCUT2D eigenvalue weighted by Crippen LogP contribution is 2.40. The summed E-state index contributed by atoms with van der Waals surface area (Å²) in [6.45, 7) is 15.0. The highest BCUT2D eigenvalue weighted by Gasteiger charge is 2.45. The average molecular weight is 1100 g/mol. The van der Waals surface area contributed by atoms with E-state index in [2.05, 4.69) is 41.9 Å². The number of nitriles is 1. The third kappa shape index (κ3) is 15.4. The highest BCUT2D eigenvalue weighted by atomic mass is 16.5. The number of carbonyl (C=O) groups is 5. The maximum Gasteiger partial charge on any atom is 0.326 e. The number of ether oxygens (including phenoxy) is 1. The number of anilines is 2. The number of nitrogens with one attached hydrogen (secondary N) is 2. The molecule has 1 saturated heterocycles. The highest BCUT2D eigenvalue weighted by molar-refractivity contribution is 6.13. The van der Waals surface area contributed by atoms with Crippen LogP contribution >= 0.6 is 0 Å². The molecule has 5 aromatic heterocycles. The van der Waals surface area contributed by atoms with E-state index in [1.54, 1.807) is 61.1 Å². The Kier molecular flexibility index (Phi) is 19.2. The van der Waals surface area contributed by atoms with E-state index in [-0.39, 0.29) is 46.9 Å². The van der Waals surface area contributed by atoms with Crippen LogP contribution < -0.4 is 25.2 Å². The van der Waals surface area contributed by atoms with E-state index >= 15 is 0 Å². The van der Waals surface area contributed by atoms with Crippen molar-refractivity contribution in [3.8, 4) is 29.0 Å². The van der Waals surface area contributed by atoms with Crippen LogP contribution in [0, 0.1) is 16.7 Å². The van der Waals surface area contributed by atoms with Gasteiger partial charge in [0.2, 0.25) is 17.7 Å². The maximum absolute atomic E-state index is 13.5. The van der Waals surface area contributed by atoms with Gasteiger partial charge < -0.3 is 35.2 Å². The minimum absolute atomic E-state index is 0.00103. The molecule has 0 radical (unpaired) electrons. The van der Waals surface area contributed by atoms with Gasteiger partial charge in [0, 0.05) is 99.1 Å². The van der Waals surface area contributed by atoms with Crippen LogP contribution in [0.2, 0.25) is 0 Å². The third-order valence-corrected chi connectivity index (χ3v) is 14.7. The van der Waals surface area contributed by atoms with Gasteiger partial charge in [-0.2, -0.15) is 5.26 Å². The Morgan fingerprint density at radius 2 is 1.63 bits per heavy atom. The fourth-order valence-electron chi connectivity index (χ4n) is 9.97. The summed E-state index contributed by atoms with van der Waals surface area (Å²) in [6, 6.07) is 18.1. The number of benzene rings is 1. The molecule has 21 nitrogen and oxygen atoms in total. The number of fused-ring (bicyclic) bond motifs is 1. The Morgan fingerprint density at radius 3 is 2.33 bits per heavy atom. The molecular formula is C60H72N14O7. The number of ketones is 1. The van der Waals surface area contributed by atoms with Crippen LogP contribution in [-0.2, 0) is 29.1 Å². The molecule has 7 heterocycles. The molecule has 0 saturated carbocycles. The lowest BCUT2D eigenvalue weighted by Crippen LogP contribution is -2.54. The number of amides is 3. The third-order valence-electron chi connectivity index (χ3n) is 14.7. The van der Waals surface area contributed by atoms with Crippen LogP contribution in [0.3, 0.4) is 0 Å². The average Bonchev–Trinajstić information content (AvgIpc) is 4.15. The summed E-state index contributed by atoms with van der Waals surface area (Å²) < 4.78 is 7.68. The monoisotopic (exact) mass is 1100 g/mol. The molecule has 1 fully saturated rings. The molecule has 0 aliphatic carbocycles. The van der Waals surface area contributed by atoms with Gasteiger partial charge in [0.25, 0.3) is 11.8 Å². The summed E-state index contributed by atoms with van der Waals surface area (Å²) >= 11 is 0. The van der Waals surface area contributed by atoms with Gasteiger partial charge >= 0.3 is 5.97 Å². The number of pyridine rings is 3. The maximum atomic E-state index is 13.5. The van der Waals surface area contributed by atoms with E-state index in [1.165, 1.54) is 18.3 Å². The summed E-state index contributed by atoms with van der Waals surface area (Å²) in [5, 5.41) is 33.4. The number of rotatable bonds is 25. The van der Waals surface area contributed by atoms with Gasteiger partial charge in [-0.15, -0.1) is 5.10 Å². The number of unbranched alkanes of at least 4 members (excludes halogenated alkanes) is 7. The van der Waals surface area contributed by atoms with E-state index in [9.17, 15) is 34.3 Å². The second-order valence-electron chi connectivity index (χ2n) is 22.5. The molecule has 21 heteroatoms. The smallest absolute Gasteiger partial charge is 0.326 e. The Labute approximate surface area is 472 Å². The first kappa shape index (κ1) is 58.5. The first-order chi connectivity index (χ1) is 38.9. The number of hydrogen-bond donors (Lipinski definition) is 3. The van der Waals surface area contributed by atoms with Gasteiger partial charge in [-0.05, 0) is 94.3 Å². The fraction of sp³-hybridized carbons (Fsp3) is 0.450. The van der Waals surface area contributed by atoms with Crippen molar-refractivity contribution in [2.75, 3.05) is 36.0 Å². The molecule has 3 N–H and O–H groups in total. The summed E-state index contributed by atoms with van der Waals surface area (Å²) in [6.07, 6.45) is 17.7. The number of aromatic nitrogens is 8. The number of carboxylic acid groups (broad SMARTS) is 1. The summed E-state index contributed by atoms with van der Waals surface area (Å²) in [7, 11) is 0. The number of carbonyl (C=O) groups excluding carboxylic acids is 4. The second-order valence-corrected chi connectivity index (χ2v) is 22.5. The van der Waals surface area contributed by atoms with E-state index in [1.807, 2.05) is 68.3 Å². The topological polar surface area (TPSA) is 268 Å². The number of Topliss-reactive ketones (excluding diaryl/α,β-unsaturated/α-hetero) is 1. The molecule has 0 unspecified atom stereocenters. The van der Waals surface area contributed by atoms with Crippen LogP contribution in [-0.4, -0.2) is 123 Å². The van der Waals surface area contributed by atoms with E-state index < -0.39 is 23.5 Å². The summed E-state index contributed by atoms with van der Waals surface area (Å²) in [5.41, 5.74) is 3.22. The summed E-state index contributed by atoms with van der Waals surface area (Å²) in [5.74, 6) is -0.136. The minimum Gasteiger partial charge on any atom is -0.480 e. The van der Waals surface area contributed by atoms with Gasteiger partial charge in [-0.3, -0.25) is 23.9 Å². The Bertz CT molecular complexity index is 3220. The van der Waals surface area contributed by atoms with Crippen LogP contribution in [0.25, 0.3) is 11.3 Å². The molecule has 424 valence electrons. The van der Waals surface area contributed by atoms with Gasteiger partial charge in [0.05, 0.1) is 34.5 Å². The van der Waals surface area contributed by atoms with E-state index in [4.69, 9.17) is 19.7 Å². The Morgan fingerprint density at radius 1 is 0.877 bits per heavy atom. The molecule has 2 aliphatic rings.